The Kier molecular flexibility index (Phi) is 2.72. The van der Waals surface area contributed by atoms with Gasteiger partial charge < -0.3 is 9.47 Å². The molecule has 0 saturated carbocycles. The van der Waals surface area contributed by atoms with E-state index in [0.29, 0.717) is 16.8 Å². The van der Waals surface area contributed by atoms with Crippen molar-refractivity contribution in [2.45, 2.75) is 0 Å². The average Bonchev–Trinajstić information content (AvgIpc) is 2.36. The van der Waals surface area contributed by atoms with E-state index in [-0.39, 0.29) is 0 Å². The van der Waals surface area contributed by atoms with E-state index in [9.17, 15) is 4.79 Å². The number of ether oxygens (including phenoxy) is 2. The van der Waals surface area contributed by atoms with Gasteiger partial charge in [0.25, 0.3) is 0 Å². The number of carbonyl (C=O) groups is 1. The van der Waals surface area contributed by atoms with Crippen molar-refractivity contribution in [1.29, 1.82) is 0 Å². The number of methoxy groups -OCH3 is 2. The zero-order chi connectivity index (χ0) is 11.5. The molecule has 0 aliphatic heterocycles. The van der Waals surface area contributed by atoms with Gasteiger partial charge in [0.1, 0.15) is 11.1 Å². The van der Waals surface area contributed by atoms with E-state index in [0.717, 1.165) is 5.39 Å². The second kappa shape index (κ2) is 4.18. The first kappa shape index (κ1) is 10.4. The molecule has 1 aromatic heterocycles. The summed E-state index contributed by atoms with van der Waals surface area (Å²) in [5.74, 6) is 0.0225. The minimum Gasteiger partial charge on any atom is -0.494 e. The molecule has 0 aliphatic rings. The standard InChI is InChI=1S/C12H11NO3/c1-15-11-9(12(14)16-2)6-5-8-4-3-7-13-10(8)11/h3-7H,1-2H3. The van der Waals surface area contributed by atoms with E-state index in [4.69, 9.17) is 4.74 Å². The normalized spacial score (nSPS) is 10.1. The molecule has 0 atom stereocenters. The van der Waals surface area contributed by atoms with E-state index in [2.05, 4.69) is 9.72 Å². The van der Waals surface area contributed by atoms with Gasteiger partial charge in [0, 0.05) is 11.6 Å². The lowest BCUT2D eigenvalue weighted by atomic mass is 10.1. The van der Waals surface area contributed by atoms with Gasteiger partial charge in [-0.25, -0.2) is 4.79 Å². The maximum atomic E-state index is 11.5. The van der Waals surface area contributed by atoms with Crippen LogP contribution in [0.5, 0.6) is 5.75 Å². The SMILES string of the molecule is COC(=O)c1ccc2cccnc2c1OC. The van der Waals surface area contributed by atoms with Crippen LogP contribution in [-0.4, -0.2) is 25.2 Å². The van der Waals surface area contributed by atoms with Crippen molar-refractivity contribution in [3.63, 3.8) is 0 Å². The lowest BCUT2D eigenvalue weighted by Gasteiger charge is -2.08. The lowest BCUT2D eigenvalue weighted by molar-refractivity contribution is 0.0597. The number of pyridine rings is 1. The molecule has 4 heteroatoms. The summed E-state index contributed by atoms with van der Waals surface area (Å²) in [4.78, 5) is 15.7. The van der Waals surface area contributed by atoms with Crippen LogP contribution in [0.25, 0.3) is 10.9 Å². The number of aromatic nitrogens is 1. The largest absolute Gasteiger partial charge is 0.494 e. The summed E-state index contributed by atoms with van der Waals surface area (Å²) >= 11 is 0. The molecule has 0 N–H and O–H groups in total. The molecule has 0 aliphatic carbocycles. The predicted molar refractivity (Wildman–Crippen MR) is 59.6 cm³/mol. The molecule has 2 rings (SSSR count). The van der Waals surface area contributed by atoms with Crippen molar-refractivity contribution in [3.05, 3.63) is 36.0 Å². The zero-order valence-corrected chi connectivity index (χ0v) is 9.06. The Morgan fingerprint density at radius 1 is 1.25 bits per heavy atom. The smallest absolute Gasteiger partial charge is 0.341 e. The summed E-state index contributed by atoms with van der Waals surface area (Å²) in [7, 11) is 2.85. The van der Waals surface area contributed by atoms with Gasteiger partial charge in [-0.1, -0.05) is 12.1 Å². The third-order valence-corrected chi connectivity index (χ3v) is 2.34. The van der Waals surface area contributed by atoms with Gasteiger partial charge in [-0.2, -0.15) is 0 Å². The molecule has 4 nitrogen and oxygen atoms in total. The summed E-state index contributed by atoms with van der Waals surface area (Å²) < 4.78 is 9.90. The van der Waals surface area contributed by atoms with E-state index in [1.165, 1.54) is 14.2 Å². The van der Waals surface area contributed by atoms with Crippen molar-refractivity contribution in [1.82, 2.24) is 4.98 Å². The van der Waals surface area contributed by atoms with Crippen LogP contribution in [0.2, 0.25) is 0 Å². The van der Waals surface area contributed by atoms with Crippen molar-refractivity contribution in [3.8, 4) is 5.75 Å². The summed E-state index contributed by atoms with van der Waals surface area (Å²) in [5, 5.41) is 0.923. The van der Waals surface area contributed by atoms with Gasteiger partial charge in [0.15, 0.2) is 5.75 Å². The molecule has 0 amide bonds. The van der Waals surface area contributed by atoms with Gasteiger partial charge in [0.2, 0.25) is 0 Å². The van der Waals surface area contributed by atoms with Crippen LogP contribution in [0.1, 0.15) is 10.4 Å². The molecule has 16 heavy (non-hydrogen) atoms. The quantitative estimate of drug-likeness (QED) is 0.722. The fourth-order valence-electron chi connectivity index (χ4n) is 1.60. The van der Waals surface area contributed by atoms with Crippen molar-refractivity contribution in [2.24, 2.45) is 0 Å². The van der Waals surface area contributed by atoms with E-state index in [1.54, 1.807) is 12.3 Å². The van der Waals surface area contributed by atoms with Crippen LogP contribution in [0, 0.1) is 0 Å². The molecule has 2 aromatic rings. The average molecular weight is 217 g/mol. The Labute approximate surface area is 92.8 Å². The molecular formula is C12H11NO3. The maximum Gasteiger partial charge on any atom is 0.341 e. The van der Waals surface area contributed by atoms with Crippen molar-refractivity contribution >= 4 is 16.9 Å². The molecule has 0 unspecified atom stereocenters. The molecule has 82 valence electrons. The highest BCUT2D eigenvalue weighted by atomic mass is 16.5. The van der Waals surface area contributed by atoms with Crippen LogP contribution < -0.4 is 4.74 Å². The Hall–Kier alpha value is -2.10. The fraction of sp³-hybridized carbons (Fsp3) is 0.167. The zero-order valence-electron chi connectivity index (χ0n) is 9.06. The Bertz CT molecular complexity index is 537. The van der Waals surface area contributed by atoms with Crippen LogP contribution in [0.15, 0.2) is 30.5 Å². The lowest BCUT2D eigenvalue weighted by Crippen LogP contribution is -2.04. The first-order valence-electron chi connectivity index (χ1n) is 4.78. The molecule has 1 aromatic carbocycles. The van der Waals surface area contributed by atoms with Gasteiger partial charge in [-0.15, -0.1) is 0 Å². The van der Waals surface area contributed by atoms with Gasteiger partial charge in [-0.05, 0) is 12.1 Å². The highest BCUT2D eigenvalue weighted by Crippen LogP contribution is 2.28. The number of hydrogen-bond acceptors (Lipinski definition) is 4. The van der Waals surface area contributed by atoms with E-state index < -0.39 is 5.97 Å². The van der Waals surface area contributed by atoms with Crippen LogP contribution in [-0.2, 0) is 4.74 Å². The van der Waals surface area contributed by atoms with Gasteiger partial charge in [0.05, 0.1) is 14.2 Å². The fourth-order valence-corrected chi connectivity index (χ4v) is 1.60. The minimum absolute atomic E-state index is 0.385. The number of benzene rings is 1. The third kappa shape index (κ3) is 1.58. The summed E-state index contributed by atoms with van der Waals surface area (Å²) in [6, 6.07) is 7.23. The highest BCUT2D eigenvalue weighted by Gasteiger charge is 2.15. The molecular weight excluding hydrogens is 206 g/mol. The summed E-state index contributed by atoms with van der Waals surface area (Å²) in [6.07, 6.45) is 1.66. The monoisotopic (exact) mass is 217 g/mol. The highest BCUT2D eigenvalue weighted by molar-refractivity contribution is 5.99. The molecule has 0 fully saturated rings. The molecule has 0 radical (unpaired) electrons. The van der Waals surface area contributed by atoms with Gasteiger partial charge >= 0.3 is 5.97 Å². The second-order valence-corrected chi connectivity index (χ2v) is 3.21. The molecule has 0 bridgehead atoms. The molecule has 0 spiro atoms. The summed E-state index contributed by atoms with van der Waals surface area (Å²) in [6.45, 7) is 0. The first-order chi connectivity index (χ1) is 7.77. The second-order valence-electron chi connectivity index (χ2n) is 3.21. The number of esters is 1. The minimum atomic E-state index is -0.426. The van der Waals surface area contributed by atoms with E-state index in [1.807, 2.05) is 18.2 Å². The number of carbonyl (C=O) groups excluding carboxylic acids is 1. The Morgan fingerprint density at radius 2 is 2.06 bits per heavy atom. The first-order valence-corrected chi connectivity index (χ1v) is 4.78. The van der Waals surface area contributed by atoms with Gasteiger partial charge in [-0.3, -0.25) is 4.98 Å². The van der Waals surface area contributed by atoms with Crippen LogP contribution in [0.4, 0.5) is 0 Å². The number of nitrogens with zero attached hydrogens (tertiary/aromatic N) is 1. The van der Waals surface area contributed by atoms with Crippen LogP contribution >= 0.6 is 0 Å². The molecule has 1 heterocycles. The Balaban J connectivity index is 2.72. The van der Waals surface area contributed by atoms with E-state index >= 15 is 0 Å². The maximum absolute atomic E-state index is 11.5. The number of fused-ring (bicyclic) bond motifs is 1. The number of hydrogen-bond donors (Lipinski definition) is 0. The molecule has 0 saturated heterocycles. The Morgan fingerprint density at radius 3 is 2.75 bits per heavy atom. The van der Waals surface area contributed by atoms with Crippen LogP contribution in [0.3, 0.4) is 0 Å². The topological polar surface area (TPSA) is 48.4 Å². The van der Waals surface area contributed by atoms with Crippen molar-refractivity contribution in [2.75, 3.05) is 14.2 Å². The third-order valence-electron chi connectivity index (χ3n) is 2.34. The number of rotatable bonds is 2. The summed E-state index contributed by atoms with van der Waals surface area (Å²) in [5.41, 5.74) is 1.05. The predicted octanol–water partition coefficient (Wildman–Crippen LogP) is 2.03. The van der Waals surface area contributed by atoms with Crippen molar-refractivity contribution < 1.29 is 14.3 Å².